The highest BCUT2D eigenvalue weighted by Crippen LogP contribution is 2.57. The summed E-state index contributed by atoms with van der Waals surface area (Å²) >= 11 is 0. The first-order chi connectivity index (χ1) is 16.5. The number of halogens is 6. The van der Waals surface area contributed by atoms with Crippen molar-refractivity contribution in [3.8, 4) is 11.5 Å². The minimum Gasteiger partial charge on any atom is -0.415 e. The van der Waals surface area contributed by atoms with Gasteiger partial charge in [-0.05, 0) is 31.4 Å². The zero-order valence-electron chi connectivity index (χ0n) is 17.9. The lowest BCUT2D eigenvalue weighted by Crippen LogP contribution is -2.58. The number of benzene rings is 1. The van der Waals surface area contributed by atoms with Crippen molar-refractivity contribution < 1.29 is 45.1 Å². The molecule has 0 unspecified atom stereocenters. The lowest BCUT2D eigenvalue weighted by Gasteiger charge is -2.38. The average Bonchev–Trinajstić information content (AvgIpc) is 3.37. The van der Waals surface area contributed by atoms with E-state index in [1.165, 1.54) is 11.0 Å². The molecule has 2 fully saturated rings. The van der Waals surface area contributed by atoms with Crippen molar-refractivity contribution in [3.63, 3.8) is 0 Å². The van der Waals surface area contributed by atoms with Crippen molar-refractivity contribution in [2.45, 2.75) is 50.5 Å². The quantitative estimate of drug-likeness (QED) is 0.628. The second-order valence-electron chi connectivity index (χ2n) is 8.75. The van der Waals surface area contributed by atoms with E-state index in [1.54, 1.807) is 0 Å². The third-order valence-electron chi connectivity index (χ3n) is 6.65. The highest BCUT2D eigenvalue weighted by molar-refractivity contribution is 5.99. The van der Waals surface area contributed by atoms with E-state index in [-0.39, 0.29) is 55.7 Å². The average molecular weight is 504 g/mol. The van der Waals surface area contributed by atoms with Gasteiger partial charge in [0.25, 0.3) is 11.8 Å². The van der Waals surface area contributed by atoms with Crippen molar-refractivity contribution in [2.75, 3.05) is 13.2 Å². The van der Waals surface area contributed by atoms with Gasteiger partial charge in [-0.15, -0.1) is 10.2 Å². The first-order valence-electron chi connectivity index (χ1n) is 10.7. The molecule has 1 aromatic heterocycles. The predicted molar refractivity (Wildman–Crippen MR) is 103 cm³/mol. The molecule has 1 aliphatic carbocycles. The molecule has 2 aromatic rings. The molecule has 3 heterocycles. The van der Waals surface area contributed by atoms with Gasteiger partial charge >= 0.3 is 12.6 Å². The summed E-state index contributed by atoms with van der Waals surface area (Å²) in [5.41, 5.74) is -2.55. The summed E-state index contributed by atoms with van der Waals surface area (Å²) in [7, 11) is 0. The molecule has 1 N–H and O–H groups in total. The molecule has 2 atom stereocenters. The monoisotopic (exact) mass is 504 g/mol. The van der Waals surface area contributed by atoms with Gasteiger partial charge in [0.15, 0.2) is 0 Å². The third-order valence-corrected chi connectivity index (χ3v) is 6.65. The molecular formula is C21H18F6N4O4. The van der Waals surface area contributed by atoms with Gasteiger partial charge in [-0.2, -0.15) is 22.0 Å². The summed E-state index contributed by atoms with van der Waals surface area (Å²) < 4.78 is 90.6. The van der Waals surface area contributed by atoms with Gasteiger partial charge in [0.2, 0.25) is 11.8 Å². The topological polar surface area (TPSA) is 97.6 Å². The number of hydrogen-bond acceptors (Lipinski definition) is 6. The minimum atomic E-state index is -4.69. The highest BCUT2D eigenvalue weighted by atomic mass is 19.4. The number of alkyl halides is 5. The summed E-state index contributed by atoms with van der Waals surface area (Å²) in [5, 5.41) is 9.03. The Kier molecular flexibility index (Phi) is 5.53. The van der Waals surface area contributed by atoms with Gasteiger partial charge in [0.1, 0.15) is 11.2 Å². The highest BCUT2D eigenvalue weighted by Gasteiger charge is 2.68. The molecule has 188 valence electrons. The van der Waals surface area contributed by atoms with Crippen LogP contribution in [0.25, 0.3) is 11.5 Å². The molecule has 1 aromatic carbocycles. The Morgan fingerprint density at radius 3 is 2.60 bits per heavy atom. The number of aromatic nitrogens is 2. The number of rotatable bonds is 5. The van der Waals surface area contributed by atoms with Crippen molar-refractivity contribution in [3.05, 3.63) is 35.0 Å². The molecule has 0 bridgehead atoms. The van der Waals surface area contributed by atoms with Crippen LogP contribution >= 0.6 is 0 Å². The van der Waals surface area contributed by atoms with Gasteiger partial charge in [0.05, 0.1) is 25.2 Å². The molecule has 1 saturated heterocycles. The number of amides is 2. The van der Waals surface area contributed by atoms with Gasteiger partial charge < -0.3 is 19.4 Å². The van der Waals surface area contributed by atoms with E-state index in [9.17, 15) is 35.9 Å². The first kappa shape index (κ1) is 23.6. The van der Waals surface area contributed by atoms with Crippen LogP contribution in [-0.4, -0.2) is 58.4 Å². The maximum Gasteiger partial charge on any atom is 0.403 e. The first-order valence-corrected chi connectivity index (χ1v) is 10.7. The van der Waals surface area contributed by atoms with Crippen molar-refractivity contribution >= 4 is 11.8 Å². The number of fused-ring (bicyclic) bond motifs is 1. The smallest absolute Gasteiger partial charge is 0.403 e. The molecular weight excluding hydrogens is 486 g/mol. The summed E-state index contributed by atoms with van der Waals surface area (Å²) in [4.78, 5) is 26.9. The van der Waals surface area contributed by atoms with E-state index in [4.69, 9.17) is 9.15 Å². The molecule has 3 aliphatic rings. The number of nitrogens with one attached hydrogen (secondary N) is 1. The number of carbonyl (C=O) groups is 2. The number of nitrogens with zero attached hydrogens (tertiary/aromatic N) is 3. The van der Waals surface area contributed by atoms with E-state index >= 15 is 0 Å². The van der Waals surface area contributed by atoms with Gasteiger partial charge in [-0.3, -0.25) is 9.59 Å². The zero-order chi connectivity index (χ0) is 25.1. The van der Waals surface area contributed by atoms with Gasteiger partial charge in [-0.1, -0.05) is 0 Å². The van der Waals surface area contributed by atoms with Gasteiger partial charge in [-0.25, -0.2) is 4.39 Å². The Morgan fingerprint density at radius 2 is 1.97 bits per heavy atom. The van der Waals surface area contributed by atoms with Crippen LogP contribution in [0.2, 0.25) is 0 Å². The van der Waals surface area contributed by atoms with Gasteiger partial charge in [0, 0.05) is 23.3 Å². The van der Waals surface area contributed by atoms with Crippen molar-refractivity contribution in [1.29, 1.82) is 0 Å². The van der Waals surface area contributed by atoms with Crippen LogP contribution in [0, 0.1) is 11.2 Å². The van der Waals surface area contributed by atoms with E-state index < -0.39 is 59.5 Å². The molecule has 8 nitrogen and oxygen atoms in total. The molecule has 5 rings (SSSR count). The summed E-state index contributed by atoms with van der Waals surface area (Å²) in [6.07, 6.45) is -8.14. The Morgan fingerprint density at radius 1 is 1.23 bits per heavy atom. The fraction of sp³-hybridized carbons (Fsp3) is 0.524. The van der Waals surface area contributed by atoms with Crippen LogP contribution in [0.15, 0.2) is 16.5 Å². The molecule has 2 aliphatic heterocycles. The number of hydrogen-bond donors (Lipinski definition) is 1. The Hall–Kier alpha value is -3.16. The van der Waals surface area contributed by atoms with Crippen LogP contribution in [0.4, 0.5) is 26.3 Å². The van der Waals surface area contributed by atoms with Crippen molar-refractivity contribution in [2.24, 2.45) is 5.41 Å². The van der Waals surface area contributed by atoms with Crippen LogP contribution in [0.5, 0.6) is 0 Å². The normalized spacial score (nSPS) is 23.5. The SMILES string of the molecule is O=C1c2cc(-c3nnc(C(F)F)o3)cc(F)c2CN1[C@@H]1CCOC[C@H]1NC(=O)C1(C(F)(F)F)CC1. The largest absolute Gasteiger partial charge is 0.415 e. The summed E-state index contributed by atoms with van der Waals surface area (Å²) in [6, 6.07) is 0.538. The summed E-state index contributed by atoms with van der Waals surface area (Å²) in [5.74, 6) is -3.97. The van der Waals surface area contributed by atoms with Crippen LogP contribution in [-0.2, 0) is 16.1 Å². The van der Waals surface area contributed by atoms with E-state index in [0.29, 0.717) is 0 Å². The maximum absolute atomic E-state index is 14.9. The van der Waals surface area contributed by atoms with Crippen LogP contribution in [0.3, 0.4) is 0 Å². The number of carbonyl (C=O) groups excluding carboxylic acids is 2. The fourth-order valence-electron chi connectivity index (χ4n) is 4.52. The molecule has 1 saturated carbocycles. The van der Waals surface area contributed by atoms with Crippen molar-refractivity contribution in [1.82, 2.24) is 20.4 Å². The second kappa shape index (κ2) is 8.21. The van der Waals surface area contributed by atoms with E-state index in [2.05, 4.69) is 15.5 Å². The fourth-order valence-corrected chi connectivity index (χ4v) is 4.52. The lowest BCUT2D eigenvalue weighted by molar-refractivity contribution is -0.193. The molecule has 2 amide bonds. The lowest BCUT2D eigenvalue weighted by atomic mass is 9.99. The summed E-state index contributed by atoms with van der Waals surface area (Å²) in [6.45, 7) is -0.113. The minimum absolute atomic E-state index is 0.0258. The molecule has 0 radical (unpaired) electrons. The van der Waals surface area contributed by atoms with E-state index in [1.807, 2.05) is 0 Å². The number of ether oxygens (including phenoxy) is 1. The maximum atomic E-state index is 14.9. The Bertz CT molecular complexity index is 1180. The third kappa shape index (κ3) is 3.93. The predicted octanol–water partition coefficient (Wildman–Crippen LogP) is 3.39. The van der Waals surface area contributed by atoms with Crippen LogP contribution < -0.4 is 5.32 Å². The van der Waals surface area contributed by atoms with Crippen LogP contribution in [0.1, 0.15) is 47.5 Å². The molecule has 14 heteroatoms. The standard InChI is InChI=1S/C21H18F6N4O4/c22-12-6-9(16-29-30-17(35-16)15(23)24)5-10-11(12)7-31(18(10)32)14-1-4-34-8-13(14)28-19(33)20(2-3-20)21(25,26)27/h5-6,13-15H,1-4,7-8H2,(H,28,33)/t13-,14-/m1/s1. The Balaban J connectivity index is 1.38. The molecule has 35 heavy (non-hydrogen) atoms. The molecule has 0 spiro atoms. The van der Waals surface area contributed by atoms with E-state index in [0.717, 1.165) is 6.07 Å². The second-order valence-corrected chi connectivity index (χ2v) is 8.75. The zero-order valence-corrected chi connectivity index (χ0v) is 17.9. The Labute approximate surface area is 193 Å².